The average Bonchev–Trinajstić information content (AvgIpc) is 3.20. The third-order valence-electron chi connectivity index (χ3n) is 6.29. The molecule has 0 fully saturated rings. The number of fused-ring (bicyclic) bond motifs is 2. The maximum atomic E-state index is 10.1. The number of aromatic nitrogens is 4. The van der Waals surface area contributed by atoms with E-state index in [1.165, 1.54) is 22.3 Å². The smallest absolute Gasteiger partial charge is 0.153 e. The molecule has 6 nitrogen and oxygen atoms in total. The highest BCUT2D eigenvalue weighted by Gasteiger charge is 2.30. The second-order valence-electron chi connectivity index (χ2n) is 10.3. The van der Waals surface area contributed by atoms with Gasteiger partial charge in [-0.25, -0.2) is 0 Å². The second kappa shape index (κ2) is 7.09. The molecule has 0 aliphatic carbocycles. The lowest BCUT2D eigenvalue weighted by Crippen LogP contribution is -2.26. The summed E-state index contributed by atoms with van der Waals surface area (Å²) in [4.78, 5) is 0. The number of nitrogens with two attached hydrogens (primary N) is 1. The molecule has 0 amide bonds. The molecule has 0 bridgehead atoms. The zero-order chi connectivity index (χ0) is 22.7. The van der Waals surface area contributed by atoms with E-state index in [9.17, 15) is 5.11 Å². The van der Waals surface area contributed by atoms with Gasteiger partial charge in [0, 0.05) is 16.2 Å². The number of nitrogens with zero attached hydrogens (tertiary/aromatic N) is 3. The van der Waals surface area contributed by atoms with Gasteiger partial charge >= 0.3 is 0 Å². The number of benzene rings is 2. The quantitative estimate of drug-likeness (QED) is 0.439. The predicted octanol–water partition coefficient (Wildman–Crippen LogP) is 4.88. The van der Waals surface area contributed by atoms with Crippen LogP contribution in [0.5, 0.6) is 0 Å². The third kappa shape index (κ3) is 3.39. The Bertz CT molecular complexity index is 1290. The molecule has 0 aliphatic rings. The highest BCUT2D eigenvalue weighted by atomic mass is 16.3. The Kier molecular flexibility index (Phi) is 4.89. The molecule has 0 aliphatic heterocycles. The van der Waals surface area contributed by atoms with Gasteiger partial charge in [0.25, 0.3) is 0 Å². The molecule has 4 rings (SSSR count). The van der Waals surface area contributed by atoms with Crippen LogP contribution in [0.25, 0.3) is 21.8 Å². The van der Waals surface area contributed by atoms with Crippen molar-refractivity contribution in [2.24, 2.45) is 0 Å². The summed E-state index contributed by atoms with van der Waals surface area (Å²) in [6.07, 6.45) is 0. The summed E-state index contributed by atoms with van der Waals surface area (Å²) in [5.74, 6) is 0.522. The van der Waals surface area contributed by atoms with E-state index >= 15 is 0 Å². The lowest BCUT2D eigenvalue weighted by molar-refractivity contribution is 0.275. The Morgan fingerprint density at radius 3 is 2.26 bits per heavy atom. The SMILES string of the molecule is Cc1ccc2[nH]nc(N)c2c1C(C)(C)Cn1nc(CO)c2c(C(C)(C)C)c(C)ccc21. The molecule has 2 aromatic carbocycles. The van der Waals surface area contributed by atoms with Crippen molar-refractivity contribution in [3.05, 3.63) is 52.2 Å². The average molecular weight is 420 g/mol. The summed E-state index contributed by atoms with van der Waals surface area (Å²) in [6.45, 7) is 15.9. The van der Waals surface area contributed by atoms with Gasteiger partial charge in [0.2, 0.25) is 0 Å². The van der Waals surface area contributed by atoms with Crippen LogP contribution in [0, 0.1) is 13.8 Å². The summed E-state index contributed by atoms with van der Waals surface area (Å²) in [6, 6.07) is 8.43. The number of aromatic amines is 1. The summed E-state index contributed by atoms with van der Waals surface area (Å²) >= 11 is 0. The standard InChI is InChI=1S/C25H33N5O/c1-14-9-11-18-19(21(14)24(3,4)5)17(12-31)29-30(18)13-25(6,7)22-15(2)8-10-16-20(22)23(26)28-27-16/h8-11,31H,12-13H2,1-7H3,(H3,26,27,28). The lowest BCUT2D eigenvalue weighted by atomic mass is 9.79. The number of hydrogen-bond acceptors (Lipinski definition) is 4. The maximum Gasteiger partial charge on any atom is 0.153 e. The number of aliphatic hydroxyl groups excluding tert-OH is 1. The van der Waals surface area contributed by atoms with Crippen molar-refractivity contribution in [2.45, 2.75) is 72.4 Å². The summed E-state index contributed by atoms with van der Waals surface area (Å²) < 4.78 is 2.05. The molecule has 2 aromatic heterocycles. The number of nitrogens with one attached hydrogen (secondary N) is 1. The van der Waals surface area contributed by atoms with Gasteiger partial charge in [0.15, 0.2) is 5.82 Å². The molecule has 0 saturated carbocycles. The van der Waals surface area contributed by atoms with Gasteiger partial charge in [0.1, 0.15) is 0 Å². The van der Waals surface area contributed by atoms with Gasteiger partial charge < -0.3 is 10.8 Å². The van der Waals surface area contributed by atoms with Gasteiger partial charge in [-0.15, -0.1) is 0 Å². The highest BCUT2D eigenvalue weighted by Crippen LogP contribution is 2.39. The fourth-order valence-electron chi connectivity index (χ4n) is 5.22. The van der Waals surface area contributed by atoms with Crippen molar-refractivity contribution in [1.82, 2.24) is 20.0 Å². The summed E-state index contributed by atoms with van der Waals surface area (Å²) in [7, 11) is 0. The van der Waals surface area contributed by atoms with Crippen LogP contribution in [0.4, 0.5) is 5.82 Å². The maximum absolute atomic E-state index is 10.1. The number of hydrogen-bond donors (Lipinski definition) is 3. The first-order chi connectivity index (χ1) is 14.5. The molecule has 0 radical (unpaired) electrons. The normalized spacial score (nSPS) is 12.9. The summed E-state index contributed by atoms with van der Waals surface area (Å²) in [5, 5.41) is 24.3. The molecule has 0 unspecified atom stereocenters. The van der Waals surface area contributed by atoms with Crippen LogP contribution in [0.2, 0.25) is 0 Å². The molecule has 4 N–H and O–H groups in total. The minimum absolute atomic E-state index is 0.0513. The van der Waals surface area contributed by atoms with Crippen molar-refractivity contribution < 1.29 is 5.11 Å². The zero-order valence-electron chi connectivity index (χ0n) is 19.6. The molecular weight excluding hydrogens is 386 g/mol. The monoisotopic (exact) mass is 419 g/mol. The summed E-state index contributed by atoms with van der Waals surface area (Å²) in [5.41, 5.74) is 13.5. The Morgan fingerprint density at radius 1 is 0.968 bits per heavy atom. The number of anilines is 1. The minimum Gasteiger partial charge on any atom is -0.390 e. The highest BCUT2D eigenvalue weighted by molar-refractivity contribution is 5.93. The number of aryl methyl sites for hydroxylation is 2. The first kappa shape index (κ1) is 21.4. The molecule has 6 heteroatoms. The van der Waals surface area contributed by atoms with Crippen molar-refractivity contribution in [3.63, 3.8) is 0 Å². The van der Waals surface area contributed by atoms with Gasteiger partial charge in [0.05, 0.1) is 29.9 Å². The van der Waals surface area contributed by atoms with E-state index in [-0.39, 0.29) is 17.4 Å². The van der Waals surface area contributed by atoms with Crippen molar-refractivity contribution in [2.75, 3.05) is 5.73 Å². The van der Waals surface area contributed by atoms with Gasteiger partial charge in [-0.1, -0.05) is 46.8 Å². The van der Waals surface area contributed by atoms with Gasteiger partial charge in [-0.2, -0.15) is 10.2 Å². The van der Waals surface area contributed by atoms with E-state index in [0.29, 0.717) is 12.4 Å². The van der Waals surface area contributed by atoms with E-state index in [1.807, 2.05) is 10.7 Å². The van der Waals surface area contributed by atoms with Gasteiger partial charge in [-0.05, 0) is 53.6 Å². The fourth-order valence-corrected chi connectivity index (χ4v) is 5.22. The minimum atomic E-state index is -0.264. The molecular formula is C25H33N5O. The molecule has 4 aromatic rings. The number of H-pyrrole nitrogens is 1. The van der Waals surface area contributed by atoms with Crippen molar-refractivity contribution >= 4 is 27.6 Å². The van der Waals surface area contributed by atoms with Gasteiger partial charge in [-0.3, -0.25) is 9.78 Å². The first-order valence-corrected chi connectivity index (χ1v) is 10.8. The number of rotatable bonds is 4. The molecule has 0 saturated heterocycles. The predicted molar refractivity (Wildman–Crippen MR) is 127 cm³/mol. The number of aliphatic hydroxyl groups is 1. The molecule has 0 atom stereocenters. The van der Waals surface area contributed by atoms with Crippen molar-refractivity contribution in [3.8, 4) is 0 Å². The van der Waals surface area contributed by atoms with E-state index in [2.05, 4.69) is 76.9 Å². The molecule has 31 heavy (non-hydrogen) atoms. The van der Waals surface area contributed by atoms with E-state index in [0.717, 1.165) is 27.5 Å². The third-order valence-corrected chi connectivity index (χ3v) is 6.29. The molecule has 164 valence electrons. The molecule has 0 spiro atoms. The van der Waals surface area contributed by atoms with E-state index in [4.69, 9.17) is 10.8 Å². The molecule has 2 heterocycles. The fraction of sp³-hybridized carbons (Fsp3) is 0.440. The Labute approximate surface area is 183 Å². The second-order valence-corrected chi connectivity index (χ2v) is 10.3. The van der Waals surface area contributed by atoms with Crippen LogP contribution in [-0.2, 0) is 24.0 Å². The van der Waals surface area contributed by atoms with Crippen LogP contribution in [0.3, 0.4) is 0 Å². The van der Waals surface area contributed by atoms with E-state index in [1.54, 1.807) is 0 Å². The van der Waals surface area contributed by atoms with Crippen molar-refractivity contribution in [1.29, 1.82) is 0 Å². The Hall–Kier alpha value is -2.86. The lowest BCUT2D eigenvalue weighted by Gasteiger charge is -2.29. The number of nitrogen functional groups attached to an aromatic ring is 1. The Balaban J connectivity index is 1.92. The van der Waals surface area contributed by atoms with Crippen LogP contribution in [-0.4, -0.2) is 25.1 Å². The van der Waals surface area contributed by atoms with Crippen LogP contribution < -0.4 is 5.73 Å². The Morgan fingerprint density at radius 2 is 1.61 bits per heavy atom. The largest absolute Gasteiger partial charge is 0.390 e. The van der Waals surface area contributed by atoms with Crippen LogP contribution in [0.15, 0.2) is 24.3 Å². The van der Waals surface area contributed by atoms with Crippen LogP contribution in [0.1, 0.15) is 62.6 Å². The first-order valence-electron chi connectivity index (χ1n) is 10.8. The zero-order valence-corrected chi connectivity index (χ0v) is 19.6. The topological polar surface area (TPSA) is 92.8 Å². The van der Waals surface area contributed by atoms with E-state index < -0.39 is 0 Å². The van der Waals surface area contributed by atoms with Crippen LogP contribution >= 0.6 is 0 Å².